The zero-order valence-electron chi connectivity index (χ0n) is 24.5. The molecule has 0 bridgehead atoms. The Morgan fingerprint density at radius 2 is 1.56 bits per heavy atom. The summed E-state index contributed by atoms with van der Waals surface area (Å²) in [6.07, 6.45) is 5.46. The molecule has 12 heteroatoms. The molecule has 43 heavy (non-hydrogen) atoms. The number of aromatic amines is 1. The maximum absolute atomic E-state index is 14.0. The number of nitrogens with one attached hydrogen (secondary N) is 1. The number of fused-ring (bicyclic) bond motifs is 1. The van der Waals surface area contributed by atoms with Gasteiger partial charge in [-0.05, 0) is 40.0 Å². The minimum absolute atomic E-state index is 0.163. The van der Waals surface area contributed by atoms with Crippen LogP contribution in [0.25, 0.3) is 33.7 Å². The molecule has 3 heterocycles. The van der Waals surface area contributed by atoms with E-state index in [0.29, 0.717) is 36.7 Å². The number of rotatable bonds is 11. The summed E-state index contributed by atoms with van der Waals surface area (Å²) < 4.78 is 15.4. The van der Waals surface area contributed by atoms with Crippen LogP contribution in [0.15, 0.2) is 58.1 Å². The molecule has 5 aromatic rings. The predicted octanol–water partition coefficient (Wildman–Crippen LogP) is 3.60. The maximum atomic E-state index is 14.0. The second-order valence-electron chi connectivity index (χ2n) is 10.9. The molecule has 0 amide bonds. The number of hydrogen-bond donors (Lipinski definition) is 1. The van der Waals surface area contributed by atoms with Crippen LogP contribution >= 0.6 is 0 Å². The van der Waals surface area contributed by atoms with Crippen molar-refractivity contribution in [2.24, 2.45) is 0 Å². The van der Waals surface area contributed by atoms with Gasteiger partial charge >= 0.3 is 5.69 Å². The first-order valence-electron chi connectivity index (χ1n) is 14.7. The van der Waals surface area contributed by atoms with Gasteiger partial charge < -0.3 is 14.0 Å². The summed E-state index contributed by atoms with van der Waals surface area (Å²) >= 11 is 0. The van der Waals surface area contributed by atoms with Crippen molar-refractivity contribution >= 4 is 11.2 Å². The maximum Gasteiger partial charge on any atom is 0.332 e. The minimum Gasteiger partial charge on any atom is -0.383 e. The van der Waals surface area contributed by atoms with Crippen molar-refractivity contribution in [1.82, 2.24) is 39.3 Å². The molecule has 0 atom stereocenters. The van der Waals surface area contributed by atoms with Gasteiger partial charge in [0, 0.05) is 32.2 Å². The van der Waals surface area contributed by atoms with E-state index in [2.05, 4.69) is 44.9 Å². The third-order valence-corrected chi connectivity index (χ3v) is 8.29. The van der Waals surface area contributed by atoms with Gasteiger partial charge in [0.25, 0.3) is 5.56 Å². The zero-order valence-corrected chi connectivity index (χ0v) is 24.5. The van der Waals surface area contributed by atoms with Crippen molar-refractivity contribution in [2.75, 3.05) is 27.4 Å². The molecule has 1 saturated carbocycles. The van der Waals surface area contributed by atoms with E-state index in [1.54, 1.807) is 18.8 Å². The number of ether oxygens (including phenoxy) is 2. The van der Waals surface area contributed by atoms with E-state index in [1.807, 2.05) is 28.8 Å². The van der Waals surface area contributed by atoms with Crippen molar-refractivity contribution < 1.29 is 9.47 Å². The molecule has 3 aromatic heterocycles. The lowest BCUT2D eigenvalue weighted by atomic mass is 9.88. The van der Waals surface area contributed by atoms with E-state index >= 15 is 0 Å². The summed E-state index contributed by atoms with van der Waals surface area (Å²) in [4.78, 5) is 32.5. The van der Waals surface area contributed by atoms with E-state index < -0.39 is 5.69 Å². The van der Waals surface area contributed by atoms with Crippen molar-refractivity contribution in [3.63, 3.8) is 0 Å². The van der Waals surface area contributed by atoms with Crippen LogP contribution in [0, 0.1) is 0 Å². The minimum atomic E-state index is -0.392. The van der Waals surface area contributed by atoms with Crippen LogP contribution in [0.3, 0.4) is 0 Å². The second-order valence-corrected chi connectivity index (χ2v) is 10.9. The highest BCUT2D eigenvalue weighted by Crippen LogP contribution is 2.34. The van der Waals surface area contributed by atoms with Crippen molar-refractivity contribution in [3.8, 4) is 22.5 Å². The molecule has 1 N–H and O–H groups in total. The Kier molecular flexibility index (Phi) is 8.57. The molecule has 1 fully saturated rings. The van der Waals surface area contributed by atoms with E-state index in [4.69, 9.17) is 14.5 Å². The van der Waals surface area contributed by atoms with Gasteiger partial charge in [0.1, 0.15) is 5.82 Å². The van der Waals surface area contributed by atoms with Crippen molar-refractivity contribution in [1.29, 1.82) is 0 Å². The molecule has 0 spiro atoms. The van der Waals surface area contributed by atoms with E-state index in [1.165, 1.54) is 11.0 Å². The molecule has 1 aliphatic carbocycles. The number of benzene rings is 2. The molecule has 2 aromatic carbocycles. The molecule has 0 radical (unpaired) electrons. The van der Waals surface area contributed by atoms with E-state index in [9.17, 15) is 9.59 Å². The number of nitrogens with zero attached hydrogens (tertiary/aromatic N) is 7. The fourth-order valence-electron chi connectivity index (χ4n) is 6.09. The summed E-state index contributed by atoms with van der Waals surface area (Å²) in [5.41, 5.74) is 4.10. The van der Waals surface area contributed by atoms with Gasteiger partial charge in [-0.25, -0.2) is 14.9 Å². The molecule has 12 nitrogen and oxygen atoms in total. The van der Waals surface area contributed by atoms with Gasteiger partial charge in [0.05, 0.1) is 26.3 Å². The number of tetrazole rings is 1. The average Bonchev–Trinajstić information content (AvgIpc) is 3.71. The van der Waals surface area contributed by atoms with Gasteiger partial charge in [0.15, 0.2) is 17.0 Å². The number of methoxy groups -OCH3 is 2. The molecule has 6 rings (SSSR count). The van der Waals surface area contributed by atoms with Crippen LogP contribution in [0.5, 0.6) is 0 Å². The Morgan fingerprint density at radius 1 is 0.860 bits per heavy atom. The third kappa shape index (κ3) is 5.67. The van der Waals surface area contributed by atoms with Gasteiger partial charge in [0.2, 0.25) is 0 Å². The van der Waals surface area contributed by atoms with Gasteiger partial charge in [-0.1, -0.05) is 67.8 Å². The predicted molar refractivity (Wildman–Crippen MR) is 162 cm³/mol. The first-order valence-corrected chi connectivity index (χ1v) is 14.7. The van der Waals surface area contributed by atoms with Crippen LogP contribution in [-0.2, 0) is 29.1 Å². The summed E-state index contributed by atoms with van der Waals surface area (Å²) in [6, 6.07) is 16.3. The van der Waals surface area contributed by atoms with Gasteiger partial charge in [-0.2, -0.15) is 0 Å². The number of aromatic nitrogens is 8. The van der Waals surface area contributed by atoms with E-state index in [-0.39, 0.29) is 24.6 Å². The van der Waals surface area contributed by atoms with Crippen LogP contribution in [0.2, 0.25) is 0 Å². The Morgan fingerprint density at radius 3 is 2.23 bits per heavy atom. The highest BCUT2D eigenvalue weighted by Gasteiger charge is 2.27. The number of H-pyrrole nitrogens is 1. The highest BCUT2D eigenvalue weighted by atomic mass is 16.5. The van der Waals surface area contributed by atoms with E-state index in [0.717, 1.165) is 53.8 Å². The Bertz CT molecular complexity index is 1800. The van der Waals surface area contributed by atoms with Crippen LogP contribution in [0.4, 0.5) is 0 Å². The molecular formula is C31H36N8O4. The number of imidazole rings is 1. The fourth-order valence-corrected chi connectivity index (χ4v) is 6.09. The summed E-state index contributed by atoms with van der Waals surface area (Å²) in [5.74, 6) is 1.70. The molecule has 0 unspecified atom stereocenters. The lowest BCUT2D eigenvalue weighted by Crippen LogP contribution is -2.42. The Labute approximate surface area is 248 Å². The molecule has 0 aliphatic heterocycles. The summed E-state index contributed by atoms with van der Waals surface area (Å²) in [7, 11) is 3.16. The lowest BCUT2D eigenvalue weighted by molar-refractivity contribution is 0.179. The van der Waals surface area contributed by atoms with Crippen molar-refractivity contribution in [2.45, 2.75) is 57.7 Å². The third-order valence-electron chi connectivity index (χ3n) is 8.29. The highest BCUT2D eigenvalue weighted by molar-refractivity contribution is 5.80. The largest absolute Gasteiger partial charge is 0.383 e. The second kappa shape index (κ2) is 12.8. The average molecular weight is 585 g/mol. The SMILES string of the molecule is COCCn1c(=O)c2c(nc(C3CCCCC3)n2Cc2ccc(-c3ccccc3-c3nnn[nH]3)cc2)n(CCOC)c1=O. The van der Waals surface area contributed by atoms with Crippen LogP contribution in [0.1, 0.15) is 49.4 Å². The molecular weight excluding hydrogens is 548 g/mol. The van der Waals surface area contributed by atoms with Crippen molar-refractivity contribution in [3.05, 3.63) is 80.8 Å². The summed E-state index contributed by atoms with van der Waals surface area (Å²) in [6.45, 7) is 1.50. The van der Waals surface area contributed by atoms with Gasteiger partial charge in [-0.3, -0.25) is 13.9 Å². The monoisotopic (exact) mass is 584 g/mol. The topological polar surface area (TPSA) is 135 Å². The van der Waals surface area contributed by atoms with Crippen LogP contribution < -0.4 is 11.2 Å². The lowest BCUT2D eigenvalue weighted by Gasteiger charge is -2.22. The standard InChI is InChI=1S/C31H36N8O4/c1-42-18-16-37-29-26(30(40)38(31(37)41)17-19-43-2)39(28(32-29)23-8-4-3-5-9-23)20-21-12-14-22(15-13-21)24-10-6-7-11-25(24)27-33-35-36-34-27/h6-7,10-15,23H,3-5,8-9,16-20H2,1-2H3,(H,33,34,35,36). The molecule has 1 aliphatic rings. The number of hydrogen-bond acceptors (Lipinski definition) is 8. The quantitative estimate of drug-likeness (QED) is 0.249. The Balaban J connectivity index is 1.45. The zero-order chi connectivity index (χ0) is 29.8. The first-order chi connectivity index (χ1) is 21.1. The normalized spacial score (nSPS) is 14.1. The smallest absolute Gasteiger partial charge is 0.332 e. The fraction of sp³-hybridized carbons (Fsp3) is 0.419. The molecule has 0 saturated heterocycles. The first kappa shape index (κ1) is 28.7. The molecule has 224 valence electrons. The Hall–Kier alpha value is -4.42. The van der Waals surface area contributed by atoms with Crippen LogP contribution in [-0.4, -0.2) is 66.7 Å². The van der Waals surface area contributed by atoms with Gasteiger partial charge in [-0.15, -0.1) is 5.10 Å². The summed E-state index contributed by atoms with van der Waals surface area (Å²) in [5, 5.41) is 14.4.